The van der Waals surface area contributed by atoms with Crippen LogP contribution in [0.1, 0.15) is 12.5 Å². The second kappa shape index (κ2) is 4.53. The van der Waals surface area contributed by atoms with E-state index in [9.17, 15) is 0 Å². The average Bonchev–Trinajstić information content (AvgIpc) is 2.09. The Balaban J connectivity index is 2.87. The van der Waals surface area contributed by atoms with Gasteiger partial charge in [0.1, 0.15) is 5.02 Å². The van der Waals surface area contributed by atoms with E-state index in [-0.39, 0.29) is 0 Å². The van der Waals surface area contributed by atoms with Gasteiger partial charge in [0, 0.05) is 12.1 Å². The molecule has 4 heteroatoms. The molecule has 1 aromatic rings. The molecule has 0 N–H and O–H groups in total. The summed E-state index contributed by atoms with van der Waals surface area (Å²) >= 11 is 11.4. The van der Waals surface area contributed by atoms with Gasteiger partial charge in [-0.25, -0.2) is 4.98 Å². The maximum absolute atomic E-state index is 5.84. The fourth-order valence-electron chi connectivity index (χ4n) is 0.781. The van der Waals surface area contributed by atoms with E-state index in [0.717, 1.165) is 5.56 Å². The Morgan fingerprint density at radius 2 is 2.33 bits per heavy atom. The summed E-state index contributed by atoms with van der Waals surface area (Å²) in [5, 5.41) is 0.509. The van der Waals surface area contributed by atoms with E-state index in [4.69, 9.17) is 27.9 Å². The molecule has 0 aromatic carbocycles. The first-order valence-corrected chi connectivity index (χ1v) is 4.52. The Morgan fingerprint density at radius 1 is 1.58 bits per heavy atom. The van der Waals surface area contributed by atoms with Gasteiger partial charge in [-0.1, -0.05) is 11.6 Å². The van der Waals surface area contributed by atoms with Crippen molar-refractivity contribution in [3.63, 3.8) is 0 Å². The SMILES string of the molecule is CCOc1ncc(CCl)cc1Cl. The van der Waals surface area contributed by atoms with Crippen LogP contribution in [0.15, 0.2) is 12.3 Å². The van der Waals surface area contributed by atoms with Crippen LogP contribution in [-0.4, -0.2) is 11.6 Å². The Kier molecular flexibility index (Phi) is 3.63. The number of halogens is 2. The number of ether oxygens (including phenoxy) is 1. The molecule has 0 radical (unpaired) electrons. The molecule has 2 nitrogen and oxygen atoms in total. The smallest absolute Gasteiger partial charge is 0.232 e. The van der Waals surface area contributed by atoms with Crippen LogP contribution in [0.25, 0.3) is 0 Å². The van der Waals surface area contributed by atoms with Gasteiger partial charge in [0.25, 0.3) is 0 Å². The molecule has 0 unspecified atom stereocenters. The van der Waals surface area contributed by atoms with Crippen LogP contribution >= 0.6 is 23.2 Å². The zero-order valence-electron chi connectivity index (χ0n) is 6.68. The normalized spacial score (nSPS) is 9.92. The second-order valence-electron chi connectivity index (χ2n) is 2.20. The molecule has 0 bridgehead atoms. The number of hydrogen-bond donors (Lipinski definition) is 0. The van der Waals surface area contributed by atoms with Gasteiger partial charge in [0.2, 0.25) is 5.88 Å². The minimum atomic E-state index is 0.416. The zero-order valence-corrected chi connectivity index (χ0v) is 8.19. The Labute approximate surface area is 81.5 Å². The van der Waals surface area contributed by atoms with Gasteiger partial charge in [-0.15, -0.1) is 11.6 Å². The van der Waals surface area contributed by atoms with E-state index in [1.165, 1.54) is 0 Å². The third kappa shape index (κ3) is 2.26. The van der Waals surface area contributed by atoms with E-state index < -0.39 is 0 Å². The van der Waals surface area contributed by atoms with Crippen molar-refractivity contribution in [2.24, 2.45) is 0 Å². The van der Waals surface area contributed by atoms with E-state index in [1.54, 1.807) is 12.3 Å². The van der Waals surface area contributed by atoms with Gasteiger partial charge in [-0.05, 0) is 18.6 Å². The largest absolute Gasteiger partial charge is 0.477 e. The van der Waals surface area contributed by atoms with Crippen LogP contribution < -0.4 is 4.74 Å². The van der Waals surface area contributed by atoms with E-state index in [1.807, 2.05) is 6.92 Å². The lowest BCUT2D eigenvalue weighted by Gasteiger charge is -2.04. The van der Waals surface area contributed by atoms with Crippen LogP contribution in [0, 0.1) is 0 Å². The molecule has 1 heterocycles. The number of aromatic nitrogens is 1. The highest BCUT2D eigenvalue weighted by atomic mass is 35.5. The molecular formula is C8H9Cl2NO. The molecule has 1 aromatic heterocycles. The second-order valence-corrected chi connectivity index (χ2v) is 2.87. The van der Waals surface area contributed by atoms with Gasteiger partial charge in [0.15, 0.2) is 0 Å². The maximum atomic E-state index is 5.84. The van der Waals surface area contributed by atoms with Crippen molar-refractivity contribution in [1.29, 1.82) is 0 Å². The quantitative estimate of drug-likeness (QED) is 0.709. The molecule has 1 rings (SSSR count). The number of rotatable bonds is 3. The minimum Gasteiger partial charge on any atom is -0.477 e. The number of alkyl halides is 1. The lowest BCUT2D eigenvalue weighted by atomic mass is 10.3. The van der Waals surface area contributed by atoms with Gasteiger partial charge < -0.3 is 4.74 Å². The van der Waals surface area contributed by atoms with Gasteiger partial charge in [-0.2, -0.15) is 0 Å². The lowest BCUT2D eigenvalue weighted by molar-refractivity contribution is 0.327. The highest BCUT2D eigenvalue weighted by molar-refractivity contribution is 6.32. The van der Waals surface area contributed by atoms with E-state index in [0.29, 0.717) is 23.4 Å². The summed E-state index contributed by atoms with van der Waals surface area (Å²) in [6.45, 7) is 2.44. The number of hydrogen-bond acceptors (Lipinski definition) is 2. The molecule has 0 aliphatic rings. The highest BCUT2D eigenvalue weighted by Gasteiger charge is 2.02. The summed E-state index contributed by atoms with van der Waals surface area (Å²) in [5.41, 5.74) is 0.894. The van der Waals surface area contributed by atoms with Crippen molar-refractivity contribution >= 4 is 23.2 Å². The van der Waals surface area contributed by atoms with Gasteiger partial charge >= 0.3 is 0 Å². The maximum Gasteiger partial charge on any atom is 0.232 e. The molecular weight excluding hydrogens is 197 g/mol. The summed E-state index contributed by atoms with van der Waals surface area (Å²) in [7, 11) is 0. The number of pyridine rings is 1. The molecule has 0 aliphatic carbocycles. The van der Waals surface area contributed by atoms with Gasteiger partial charge in [-0.3, -0.25) is 0 Å². The van der Waals surface area contributed by atoms with Gasteiger partial charge in [0.05, 0.1) is 6.61 Å². The Hall–Kier alpha value is -0.470. The summed E-state index contributed by atoms with van der Waals surface area (Å²) in [4.78, 5) is 4.00. The third-order valence-electron chi connectivity index (χ3n) is 1.30. The average molecular weight is 206 g/mol. The minimum absolute atomic E-state index is 0.416. The van der Waals surface area contributed by atoms with Crippen molar-refractivity contribution in [3.8, 4) is 5.88 Å². The predicted octanol–water partition coefficient (Wildman–Crippen LogP) is 2.87. The van der Waals surface area contributed by atoms with Crippen molar-refractivity contribution in [2.45, 2.75) is 12.8 Å². The first kappa shape index (κ1) is 9.62. The van der Waals surface area contributed by atoms with Crippen molar-refractivity contribution in [3.05, 3.63) is 22.8 Å². The molecule has 66 valence electrons. The zero-order chi connectivity index (χ0) is 8.97. The van der Waals surface area contributed by atoms with Crippen LogP contribution in [0.2, 0.25) is 5.02 Å². The highest BCUT2D eigenvalue weighted by Crippen LogP contribution is 2.22. The molecule has 0 saturated carbocycles. The van der Waals surface area contributed by atoms with Crippen molar-refractivity contribution in [1.82, 2.24) is 4.98 Å². The standard InChI is InChI=1S/C8H9Cl2NO/c1-2-12-8-7(10)3-6(4-9)5-11-8/h3,5H,2,4H2,1H3. The third-order valence-corrected chi connectivity index (χ3v) is 1.88. The summed E-state index contributed by atoms with van der Waals surface area (Å²) in [5.74, 6) is 0.882. The molecule has 0 aliphatic heterocycles. The summed E-state index contributed by atoms with van der Waals surface area (Å²) < 4.78 is 5.15. The van der Waals surface area contributed by atoms with E-state index >= 15 is 0 Å². The summed E-state index contributed by atoms with van der Waals surface area (Å²) in [6.07, 6.45) is 1.66. The number of nitrogens with zero attached hydrogens (tertiary/aromatic N) is 1. The molecule has 0 fully saturated rings. The summed E-state index contributed by atoms with van der Waals surface area (Å²) in [6, 6.07) is 1.76. The lowest BCUT2D eigenvalue weighted by Crippen LogP contribution is -1.95. The van der Waals surface area contributed by atoms with Crippen LogP contribution in [-0.2, 0) is 5.88 Å². The van der Waals surface area contributed by atoms with Crippen LogP contribution in [0.3, 0.4) is 0 Å². The molecule has 0 atom stereocenters. The topological polar surface area (TPSA) is 22.1 Å². The first-order valence-electron chi connectivity index (χ1n) is 3.61. The first-order chi connectivity index (χ1) is 5.77. The Morgan fingerprint density at radius 3 is 2.83 bits per heavy atom. The molecule has 0 amide bonds. The Bertz CT molecular complexity index is 265. The fourth-order valence-corrected chi connectivity index (χ4v) is 1.17. The van der Waals surface area contributed by atoms with Crippen LogP contribution in [0.5, 0.6) is 5.88 Å². The molecule has 0 spiro atoms. The fraction of sp³-hybridized carbons (Fsp3) is 0.375. The van der Waals surface area contributed by atoms with Crippen molar-refractivity contribution in [2.75, 3.05) is 6.61 Å². The molecule has 0 saturated heterocycles. The van der Waals surface area contributed by atoms with E-state index in [2.05, 4.69) is 4.98 Å². The monoisotopic (exact) mass is 205 g/mol. The molecule has 12 heavy (non-hydrogen) atoms. The predicted molar refractivity (Wildman–Crippen MR) is 50.0 cm³/mol. The van der Waals surface area contributed by atoms with Crippen LogP contribution in [0.4, 0.5) is 0 Å². The van der Waals surface area contributed by atoms with Crippen molar-refractivity contribution < 1.29 is 4.74 Å².